The molecule has 0 spiro atoms. The molecule has 2 rings (SSSR count). The number of anilines is 1. The molecule has 0 saturated carbocycles. The van der Waals surface area contributed by atoms with Crippen molar-refractivity contribution < 1.29 is 4.74 Å². The maximum Gasteiger partial charge on any atom is 0.321 e. The smallest absolute Gasteiger partial charge is 0.321 e. The molecule has 0 unspecified atom stereocenters. The van der Waals surface area contributed by atoms with Gasteiger partial charge in [0.15, 0.2) is 0 Å². The Labute approximate surface area is 107 Å². The number of hydrogen-bond acceptors (Lipinski definition) is 4. The SMILES string of the molecule is Cc1ccc(N)cc1Oc1ncc(I)cn1. The minimum absolute atomic E-state index is 0.328. The second kappa shape index (κ2) is 4.65. The standard InChI is InChI=1S/C11H10IN3O/c1-7-2-3-9(13)4-10(7)16-11-14-5-8(12)6-15-11/h2-6H,13H2,1H3. The van der Waals surface area contributed by atoms with E-state index in [-0.39, 0.29) is 0 Å². The molecule has 1 aromatic carbocycles. The average Bonchev–Trinajstić information content (AvgIpc) is 2.27. The zero-order chi connectivity index (χ0) is 11.5. The molecule has 1 aromatic heterocycles. The molecule has 2 aromatic rings. The van der Waals surface area contributed by atoms with Crippen LogP contribution in [0.1, 0.15) is 5.56 Å². The third-order valence-corrected chi connectivity index (χ3v) is 2.57. The van der Waals surface area contributed by atoms with Gasteiger partial charge >= 0.3 is 6.01 Å². The predicted octanol–water partition coefficient (Wildman–Crippen LogP) is 2.76. The van der Waals surface area contributed by atoms with Crippen LogP contribution in [0.15, 0.2) is 30.6 Å². The lowest BCUT2D eigenvalue weighted by Crippen LogP contribution is -1.95. The Morgan fingerprint density at radius 3 is 2.62 bits per heavy atom. The molecular weight excluding hydrogens is 317 g/mol. The summed E-state index contributed by atoms with van der Waals surface area (Å²) >= 11 is 2.14. The van der Waals surface area contributed by atoms with Crippen molar-refractivity contribution in [1.82, 2.24) is 9.97 Å². The summed E-state index contributed by atoms with van der Waals surface area (Å²) in [5, 5.41) is 0. The Morgan fingerprint density at radius 1 is 1.25 bits per heavy atom. The van der Waals surface area contributed by atoms with Crippen molar-refractivity contribution in [2.45, 2.75) is 6.92 Å². The second-order valence-corrected chi connectivity index (χ2v) is 4.56. The van der Waals surface area contributed by atoms with Crippen molar-refractivity contribution in [3.8, 4) is 11.8 Å². The van der Waals surface area contributed by atoms with Crippen LogP contribution in [-0.4, -0.2) is 9.97 Å². The van der Waals surface area contributed by atoms with E-state index in [9.17, 15) is 0 Å². The highest BCUT2D eigenvalue weighted by molar-refractivity contribution is 14.1. The predicted molar refractivity (Wildman–Crippen MR) is 70.4 cm³/mol. The van der Waals surface area contributed by atoms with Gasteiger partial charge < -0.3 is 10.5 Å². The lowest BCUT2D eigenvalue weighted by molar-refractivity contribution is 0.438. The fourth-order valence-corrected chi connectivity index (χ4v) is 1.46. The first kappa shape index (κ1) is 11.1. The number of rotatable bonds is 2. The fraction of sp³-hybridized carbons (Fsp3) is 0.0909. The summed E-state index contributed by atoms with van der Waals surface area (Å²) in [5.74, 6) is 0.682. The largest absolute Gasteiger partial charge is 0.424 e. The number of halogens is 1. The van der Waals surface area contributed by atoms with Crippen LogP contribution in [0, 0.1) is 10.5 Å². The first-order valence-corrected chi connectivity index (χ1v) is 5.74. The van der Waals surface area contributed by atoms with Gasteiger partial charge in [0.2, 0.25) is 0 Å². The molecule has 0 saturated heterocycles. The molecule has 1 heterocycles. The Morgan fingerprint density at radius 2 is 1.94 bits per heavy atom. The molecule has 5 heteroatoms. The van der Waals surface area contributed by atoms with Gasteiger partial charge in [-0.3, -0.25) is 0 Å². The molecular formula is C11H10IN3O. The van der Waals surface area contributed by atoms with Gasteiger partial charge in [0, 0.05) is 27.7 Å². The molecule has 2 N–H and O–H groups in total. The van der Waals surface area contributed by atoms with Crippen molar-refractivity contribution in [3.05, 3.63) is 39.7 Å². The Hall–Kier alpha value is -1.37. The minimum Gasteiger partial charge on any atom is -0.424 e. The number of aromatic nitrogens is 2. The summed E-state index contributed by atoms with van der Waals surface area (Å²) in [6.45, 7) is 1.95. The van der Waals surface area contributed by atoms with Crippen LogP contribution < -0.4 is 10.5 Å². The normalized spacial score (nSPS) is 10.1. The van der Waals surface area contributed by atoms with E-state index in [4.69, 9.17) is 10.5 Å². The van der Waals surface area contributed by atoms with E-state index in [0.717, 1.165) is 9.13 Å². The number of benzene rings is 1. The third kappa shape index (κ3) is 2.60. The van der Waals surface area contributed by atoms with Gasteiger partial charge in [-0.2, -0.15) is 0 Å². The maximum atomic E-state index is 5.68. The molecule has 0 atom stereocenters. The van der Waals surface area contributed by atoms with E-state index in [1.54, 1.807) is 18.5 Å². The van der Waals surface area contributed by atoms with Crippen molar-refractivity contribution in [3.63, 3.8) is 0 Å². The van der Waals surface area contributed by atoms with Crippen molar-refractivity contribution in [1.29, 1.82) is 0 Å². The Bertz CT molecular complexity index is 499. The monoisotopic (exact) mass is 327 g/mol. The van der Waals surface area contributed by atoms with Crippen LogP contribution in [0.4, 0.5) is 5.69 Å². The zero-order valence-corrected chi connectivity index (χ0v) is 10.8. The molecule has 0 amide bonds. The molecule has 16 heavy (non-hydrogen) atoms. The van der Waals surface area contributed by atoms with E-state index in [1.165, 1.54) is 0 Å². The van der Waals surface area contributed by atoms with Crippen molar-refractivity contribution in [2.75, 3.05) is 5.73 Å². The molecule has 0 aliphatic carbocycles. The molecule has 0 fully saturated rings. The fourth-order valence-electron chi connectivity index (χ4n) is 1.18. The van der Waals surface area contributed by atoms with E-state index in [1.807, 2.05) is 19.1 Å². The van der Waals surface area contributed by atoms with Gasteiger partial charge in [-0.1, -0.05) is 6.07 Å². The molecule has 0 bridgehead atoms. The van der Waals surface area contributed by atoms with Crippen LogP contribution in [0.25, 0.3) is 0 Å². The first-order chi connectivity index (χ1) is 7.65. The van der Waals surface area contributed by atoms with Crippen molar-refractivity contribution >= 4 is 28.3 Å². The van der Waals surface area contributed by atoms with Crippen LogP contribution in [-0.2, 0) is 0 Å². The van der Waals surface area contributed by atoms with E-state index in [2.05, 4.69) is 32.6 Å². The quantitative estimate of drug-likeness (QED) is 0.681. The highest BCUT2D eigenvalue weighted by atomic mass is 127. The number of nitrogen functional groups attached to an aromatic ring is 1. The molecule has 4 nitrogen and oxygen atoms in total. The lowest BCUT2D eigenvalue weighted by Gasteiger charge is -2.07. The number of nitrogens with zero attached hydrogens (tertiary/aromatic N) is 2. The van der Waals surface area contributed by atoms with Crippen LogP contribution >= 0.6 is 22.6 Å². The van der Waals surface area contributed by atoms with Gasteiger partial charge in [-0.05, 0) is 41.1 Å². The summed E-state index contributed by atoms with van der Waals surface area (Å²) in [6.07, 6.45) is 3.40. The van der Waals surface area contributed by atoms with E-state index < -0.39 is 0 Å². The molecule has 0 aliphatic rings. The topological polar surface area (TPSA) is 61.0 Å². The maximum absolute atomic E-state index is 5.68. The highest BCUT2D eigenvalue weighted by Crippen LogP contribution is 2.24. The van der Waals surface area contributed by atoms with Gasteiger partial charge in [-0.15, -0.1) is 0 Å². The third-order valence-electron chi connectivity index (χ3n) is 2.01. The summed E-state index contributed by atoms with van der Waals surface area (Å²) < 4.78 is 6.51. The van der Waals surface area contributed by atoms with Crippen LogP contribution in [0.3, 0.4) is 0 Å². The van der Waals surface area contributed by atoms with Gasteiger partial charge in [0.1, 0.15) is 5.75 Å². The highest BCUT2D eigenvalue weighted by Gasteiger charge is 2.03. The summed E-state index contributed by atoms with van der Waals surface area (Å²) in [7, 11) is 0. The molecule has 0 radical (unpaired) electrons. The Balaban J connectivity index is 2.26. The van der Waals surface area contributed by atoms with Crippen LogP contribution in [0.5, 0.6) is 11.8 Å². The molecule has 0 aliphatic heterocycles. The summed E-state index contributed by atoms with van der Waals surface area (Å²) in [6, 6.07) is 5.82. The zero-order valence-electron chi connectivity index (χ0n) is 8.64. The van der Waals surface area contributed by atoms with Gasteiger partial charge in [-0.25, -0.2) is 9.97 Å². The molecule has 82 valence electrons. The first-order valence-electron chi connectivity index (χ1n) is 4.66. The Kier molecular flexibility index (Phi) is 3.23. The summed E-state index contributed by atoms with van der Waals surface area (Å²) in [4.78, 5) is 8.13. The lowest BCUT2D eigenvalue weighted by atomic mass is 10.2. The number of nitrogens with two attached hydrogens (primary N) is 1. The van der Waals surface area contributed by atoms with Gasteiger partial charge in [0.05, 0.1) is 0 Å². The minimum atomic E-state index is 0.328. The van der Waals surface area contributed by atoms with Crippen molar-refractivity contribution in [2.24, 2.45) is 0 Å². The second-order valence-electron chi connectivity index (χ2n) is 3.31. The number of aryl methyl sites for hydroxylation is 1. The average molecular weight is 327 g/mol. The van der Waals surface area contributed by atoms with E-state index in [0.29, 0.717) is 17.4 Å². The van der Waals surface area contributed by atoms with Gasteiger partial charge in [0.25, 0.3) is 0 Å². The summed E-state index contributed by atoms with van der Waals surface area (Å²) in [5.41, 5.74) is 7.34. The van der Waals surface area contributed by atoms with E-state index >= 15 is 0 Å². The number of ether oxygens (including phenoxy) is 1. The van der Waals surface area contributed by atoms with Crippen LogP contribution in [0.2, 0.25) is 0 Å². The number of hydrogen-bond donors (Lipinski definition) is 1.